The topological polar surface area (TPSA) is 43.4 Å². The normalized spacial score (nSPS) is 24.6. The Morgan fingerprint density at radius 2 is 2.00 bits per heavy atom. The highest BCUT2D eigenvalue weighted by Gasteiger charge is 2.24. The third-order valence-electron chi connectivity index (χ3n) is 5.98. The van der Waals surface area contributed by atoms with Gasteiger partial charge in [0.05, 0.1) is 22.9 Å². The molecule has 0 bridgehead atoms. The average Bonchev–Trinajstić information content (AvgIpc) is 3.43. The summed E-state index contributed by atoms with van der Waals surface area (Å²) in [6, 6.07) is 9.94. The summed E-state index contributed by atoms with van der Waals surface area (Å²) in [5, 5.41) is 6.24. The fourth-order valence-corrected chi connectivity index (χ4v) is 5.62. The number of aromatic amines is 1. The van der Waals surface area contributed by atoms with Crippen molar-refractivity contribution in [3.63, 3.8) is 0 Å². The van der Waals surface area contributed by atoms with Crippen molar-refractivity contribution in [3.8, 4) is 0 Å². The number of hydrogen-bond acceptors (Lipinski definition) is 4. The molecule has 1 aromatic carbocycles. The van der Waals surface area contributed by atoms with Gasteiger partial charge in [-0.1, -0.05) is 25.0 Å². The Hall–Kier alpha value is -1.46. The molecule has 4 nitrogen and oxygen atoms in total. The van der Waals surface area contributed by atoms with Gasteiger partial charge < -0.3 is 15.2 Å². The van der Waals surface area contributed by atoms with Gasteiger partial charge >= 0.3 is 0 Å². The van der Waals surface area contributed by atoms with Gasteiger partial charge in [-0.25, -0.2) is 0 Å². The van der Waals surface area contributed by atoms with Crippen LogP contribution in [0.25, 0.3) is 10.9 Å². The molecule has 0 unspecified atom stereocenters. The number of aromatic nitrogens is 1. The smallest absolute Gasteiger partial charge is 0.114 e. The van der Waals surface area contributed by atoms with Gasteiger partial charge in [0.25, 0.3) is 0 Å². The molecule has 5 heteroatoms. The van der Waals surface area contributed by atoms with Crippen LogP contribution >= 0.6 is 11.8 Å². The van der Waals surface area contributed by atoms with E-state index in [1.807, 2.05) is 11.8 Å². The predicted octanol–water partition coefficient (Wildman–Crippen LogP) is 4.48. The van der Waals surface area contributed by atoms with Crippen LogP contribution in [0.5, 0.6) is 0 Å². The van der Waals surface area contributed by atoms with Gasteiger partial charge in [-0.3, -0.25) is 4.99 Å². The maximum Gasteiger partial charge on any atom is 0.114 e. The average molecular weight is 369 g/mol. The lowest BCUT2D eigenvalue weighted by molar-refractivity contribution is 0.324. The Bertz CT molecular complexity index is 799. The summed E-state index contributed by atoms with van der Waals surface area (Å²) in [5.74, 6) is 1.12. The molecule has 2 aliphatic heterocycles. The number of nitrogens with zero attached hydrogens (tertiary/aromatic N) is 2. The molecule has 1 saturated carbocycles. The molecule has 0 amide bonds. The molecule has 138 valence electrons. The lowest BCUT2D eigenvalue weighted by atomic mass is 10.2. The van der Waals surface area contributed by atoms with Crippen LogP contribution in [0.3, 0.4) is 0 Å². The summed E-state index contributed by atoms with van der Waals surface area (Å²) in [5.41, 5.74) is 3.67. The zero-order valence-electron chi connectivity index (χ0n) is 15.3. The van der Waals surface area contributed by atoms with Crippen molar-refractivity contribution >= 4 is 33.4 Å². The maximum absolute atomic E-state index is 5.04. The lowest BCUT2D eigenvalue weighted by Crippen LogP contribution is -2.29. The van der Waals surface area contributed by atoms with E-state index in [9.17, 15) is 0 Å². The second-order valence-electron chi connectivity index (χ2n) is 7.99. The highest BCUT2D eigenvalue weighted by atomic mass is 32.2. The van der Waals surface area contributed by atoms with Crippen LogP contribution in [0.15, 0.2) is 29.3 Å². The monoisotopic (exact) mass is 368 g/mol. The van der Waals surface area contributed by atoms with Crippen LogP contribution in [-0.2, 0) is 0 Å². The molecule has 3 aliphatic rings. The van der Waals surface area contributed by atoms with E-state index in [1.165, 1.54) is 78.9 Å². The summed E-state index contributed by atoms with van der Waals surface area (Å²) in [7, 11) is 0. The Morgan fingerprint density at radius 1 is 1.15 bits per heavy atom. The van der Waals surface area contributed by atoms with Crippen LogP contribution in [0, 0.1) is 0 Å². The SMILES string of the molecule is c1cc(NC2CCCC2)c2[nH]c(C3=N[C@H](CN4CCCC4)CS3)cc2c1. The van der Waals surface area contributed by atoms with Gasteiger partial charge in [0.1, 0.15) is 5.04 Å². The van der Waals surface area contributed by atoms with E-state index in [0.717, 1.165) is 12.3 Å². The predicted molar refractivity (Wildman–Crippen MR) is 113 cm³/mol. The van der Waals surface area contributed by atoms with Crippen molar-refractivity contribution in [3.05, 3.63) is 30.0 Å². The Balaban J connectivity index is 1.35. The zero-order valence-corrected chi connectivity index (χ0v) is 16.2. The molecular formula is C21H28N4S. The standard InChI is InChI=1S/C21H28N4S/c1-2-8-16(7-1)22-18-9-5-6-15-12-19(24-20(15)18)21-23-17(14-26-21)13-25-10-3-4-11-25/h5-6,9,12,16-17,22,24H,1-4,7-8,10-11,13-14H2/t17-/m1/s1. The summed E-state index contributed by atoms with van der Waals surface area (Å²) < 4.78 is 0. The molecule has 0 spiro atoms. The van der Waals surface area contributed by atoms with Crippen LogP contribution in [0.1, 0.15) is 44.2 Å². The van der Waals surface area contributed by atoms with Gasteiger partial charge in [0, 0.05) is 23.7 Å². The first-order valence-electron chi connectivity index (χ1n) is 10.2. The molecule has 1 aliphatic carbocycles. The molecule has 3 heterocycles. The number of anilines is 1. The number of para-hydroxylation sites is 1. The minimum absolute atomic E-state index is 0.454. The fourth-order valence-electron chi connectivity index (χ4n) is 4.60. The van der Waals surface area contributed by atoms with Crippen molar-refractivity contribution in [2.45, 2.75) is 50.6 Å². The highest BCUT2D eigenvalue weighted by Crippen LogP contribution is 2.31. The van der Waals surface area contributed by atoms with Crippen LogP contribution in [-0.4, -0.2) is 52.4 Å². The molecule has 1 atom stereocenters. The van der Waals surface area contributed by atoms with Crippen molar-refractivity contribution < 1.29 is 0 Å². The largest absolute Gasteiger partial charge is 0.381 e. The van der Waals surface area contributed by atoms with Gasteiger partial charge in [0.15, 0.2) is 0 Å². The second kappa shape index (κ2) is 7.28. The summed E-state index contributed by atoms with van der Waals surface area (Å²) in [6.45, 7) is 3.65. The number of likely N-dealkylation sites (tertiary alicyclic amines) is 1. The number of benzene rings is 1. The Labute approximate surface area is 159 Å². The van der Waals surface area contributed by atoms with Gasteiger partial charge in [0.2, 0.25) is 0 Å². The maximum atomic E-state index is 5.04. The van der Waals surface area contributed by atoms with E-state index in [2.05, 4.69) is 39.5 Å². The zero-order chi connectivity index (χ0) is 17.3. The summed E-state index contributed by atoms with van der Waals surface area (Å²) in [6.07, 6.45) is 8.02. The van der Waals surface area contributed by atoms with Crippen molar-refractivity contribution in [2.75, 3.05) is 30.7 Å². The number of nitrogens with one attached hydrogen (secondary N) is 2. The molecule has 0 radical (unpaired) electrons. The lowest BCUT2D eigenvalue weighted by Gasteiger charge is -2.16. The van der Waals surface area contributed by atoms with E-state index in [0.29, 0.717) is 12.1 Å². The third-order valence-corrected chi connectivity index (χ3v) is 7.13. The van der Waals surface area contributed by atoms with Crippen molar-refractivity contribution in [1.82, 2.24) is 9.88 Å². The van der Waals surface area contributed by atoms with E-state index in [4.69, 9.17) is 4.99 Å². The molecule has 2 fully saturated rings. The first-order chi connectivity index (χ1) is 12.8. The molecule has 5 rings (SSSR count). The van der Waals surface area contributed by atoms with Crippen LogP contribution in [0.4, 0.5) is 5.69 Å². The second-order valence-corrected chi connectivity index (χ2v) is 8.99. The molecule has 2 N–H and O–H groups in total. The number of rotatable bonds is 5. The van der Waals surface area contributed by atoms with Crippen LogP contribution in [0.2, 0.25) is 0 Å². The van der Waals surface area contributed by atoms with E-state index >= 15 is 0 Å². The van der Waals surface area contributed by atoms with Gasteiger partial charge in [-0.05, 0) is 50.9 Å². The fraction of sp³-hybridized carbons (Fsp3) is 0.571. The highest BCUT2D eigenvalue weighted by molar-refractivity contribution is 8.14. The first-order valence-corrected chi connectivity index (χ1v) is 11.2. The summed E-state index contributed by atoms with van der Waals surface area (Å²) in [4.78, 5) is 11.3. The Kier molecular flexibility index (Phi) is 4.67. The number of H-pyrrole nitrogens is 1. The number of thioether (sulfide) groups is 1. The molecule has 1 aromatic heterocycles. The molecule has 1 saturated heterocycles. The van der Waals surface area contributed by atoms with E-state index in [1.54, 1.807) is 0 Å². The molecular weight excluding hydrogens is 340 g/mol. The molecule has 2 aromatic rings. The summed E-state index contributed by atoms with van der Waals surface area (Å²) >= 11 is 1.91. The van der Waals surface area contributed by atoms with Crippen molar-refractivity contribution in [2.24, 2.45) is 4.99 Å². The Morgan fingerprint density at radius 3 is 2.85 bits per heavy atom. The van der Waals surface area contributed by atoms with E-state index in [-0.39, 0.29) is 0 Å². The van der Waals surface area contributed by atoms with Gasteiger partial charge in [-0.15, -0.1) is 11.8 Å². The number of aliphatic imine (C=N–C) groups is 1. The number of hydrogen-bond donors (Lipinski definition) is 2. The minimum atomic E-state index is 0.454. The van der Waals surface area contributed by atoms with Crippen LogP contribution < -0.4 is 5.32 Å². The quantitative estimate of drug-likeness (QED) is 0.818. The molecule has 26 heavy (non-hydrogen) atoms. The third kappa shape index (κ3) is 3.39. The van der Waals surface area contributed by atoms with Gasteiger partial charge in [-0.2, -0.15) is 0 Å². The first kappa shape index (κ1) is 16.7. The van der Waals surface area contributed by atoms with Crippen molar-refractivity contribution in [1.29, 1.82) is 0 Å². The minimum Gasteiger partial charge on any atom is -0.381 e. The van der Waals surface area contributed by atoms with E-state index < -0.39 is 0 Å². The number of fused-ring (bicyclic) bond motifs is 1.